The first-order valence-electron chi connectivity index (χ1n) is 6.85. The Morgan fingerprint density at radius 2 is 2.05 bits per heavy atom. The Kier molecular flexibility index (Phi) is 3.16. The van der Waals surface area contributed by atoms with Crippen LogP contribution < -0.4 is 0 Å². The fourth-order valence-corrected chi connectivity index (χ4v) is 3.16. The molecule has 0 spiro atoms. The zero-order chi connectivity index (χ0) is 14.9. The molecule has 1 amide bonds. The van der Waals surface area contributed by atoms with Crippen molar-refractivity contribution in [3.05, 3.63) is 70.7 Å². The first kappa shape index (κ1) is 13.1. The van der Waals surface area contributed by atoms with E-state index in [-0.39, 0.29) is 11.9 Å². The van der Waals surface area contributed by atoms with Crippen LogP contribution in [0.3, 0.4) is 0 Å². The molecule has 0 saturated carbocycles. The molecule has 22 heavy (non-hydrogen) atoms. The maximum absolute atomic E-state index is 12.7. The van der Waals surface area contributed by atoms with Gasteiger partial charge in [-0.2, -0.15) is 5.10 Å². The monoisotopic (exact) mass is 312 g/mol. The van der Waals surface area contributed by atoms with Gasteiger partial charge in [-0.05, 0) is 35.7 Å². The van der Waals surface area contributed by atoms with E-state index in [0.717, 1.165) is 11.5 Å². The molecule has 0 unspecified atom stereocenters. The number of hydrazone groups is 1. The number of furan rings is 2. The van der Waals surface area contributed by atoms with Crippen LogP contribution in [0.15, 0.2) is 68.2 Å². The van der Waals surface area contributed by atoms with Crippen molar-refractivity contribution in [3.8, 4) is 0 Å². The molecule has 0 aromatic carbocycles. The summed E-state index contributed by atoms with van der Waals surface area (Å²) >= 11 is 1.40. The molecular weight excluding hydrogens is 300 g/mol. The van der Waals surface area contributed by atoms with E-state index in [1.807, 2.05) is 35.7 Å². The van der Waals surface area contributed by atoms with Crippen LogP contribution in [0.5, 0.6) is 0 Å². The molecule has 3 aromatic heterocycles. The molecule has 6 heteroatoms. The molecular formula is C16H12N2O3S. The third-order valence-electron chi connectivity index (χ3n) is 3.53. The van der Waals surface area contributed by atoms with E-state index in [2.05, 4.69) is 5.10 Å². The zero-order valence-electron chi connectivity index (χ0n) is 11.5. The van der Waals surface area contributed by atoms with Gasteiger partial charge in [0.15, 0.2) is 0 Å². The van der Waals surface area contributed by atoms with Crippen LogP contribution in [-0.2, 0) is 0 Å². The third kappa shape index (κ3) is 2.17. The highest BCUT2D eigenvalue weighted by atomic mass is 32.1. The van der Waals surface area contributed by atoms with E-state index in [9.17, 15) is 4.79 Å². The van der Waals surface area contributed by atoms with E-state index < -0.39 is 0 Å². The summed E-state index contributed by atoms with van der Waals surface area (Å²) in [6.07, 6.45) is 3.77. The first-order chi connectivity index (χ1) is 10.8. The molecule has 0 N–H and O–H groups in total. The number of hydrogen-bond donors (Lipinski definition) is 0. The number of carbonyl (C=O) groups excluding carboxylic acids is 1. The van der Waals surface area contributed by atoms with Gasteiger partial charge in [0.25, 0.3) is 5.91 Å². The Morgan fingerprint density at radius 1 is 1.18 bits per heavy atom. The Labute approximate surface area is 130 Å². The summed E-state index contributed by atoms with van der Waals surface area (Å²) in [4.78, 5) is 13.3. The molecule has 0 radical (unpaired) electrons. The van der Waals surface area contributed by atoms with E-state index in [4.69, 9.17) is 8.83 Å². The summed E-state index contributed by atoms with van der Waals surface area (Å²) in [5.74, 6) is 1.27. The lowest BCUT2D eigenvalue weighted by molar-refractivity contribution is 0.0698. The Hall–Kier alpha value is -2.60. The molecule has 110 valence electrons. The van der Waals surface area contributed by atoms with Crippen LogP contribution in [0.1, 0.15) is 33.7 Å². The summed E-state index contributed by atoms with van der Waals surface area (Å²) in [6, 6.07) is 10.7. The van der Waals surface area contributed by atoms with Crippen LogP contribution in [0, 0.1) is 0 Å². The predicted molar refractivity (Wildman–Crippen MR) is 81.8 cm³/mol. The lowest BCUT2D eigenvalue weighted by atomic mass is 10.1. The van der Waals surface area contributed by atoms with Crippen molar-refractivity contribution in [3.63, 3.8) is 0 Å². The number of amides is 1. The van der Waals surface area contributed by atoms with E-state index in [0.29, 0.717) is 17.1 Å². The summed E-state index contributed by atoms with van der Waals surface area (Å²) in [6.45, 7) is 0. The normalized spacial score (nSPS) is 17.7. The maximum atomic E-state index is 12.7. The summed E-state index contributed by atoms with van der Waals surface area (Å²) < 4.78 is 10.9. The van der Waals surface area contributed by atoms with Crippen LogP contribution >= 0.6 is 11.3 Å². The molecule has 0 fully saturated rings. The van der Waals surface area contributed by atoms with E-state index in [1.54, 1.807) is 18.6 Å². The SMILES string of the molecule is O=C(c1cccs1)N1N=C(c2ccco2)C[C@H]1c1ccco1. The Bertz CT molecular complexity index is 789. The van der Waals surface area contributed by atoms with Gasteiger partial charge in [-0.1, -0.05) is 6.07 Å². The Morgan fingerprint density at radius 3 is 2.73 bits per heavy atom. The summed E-state index contributed by atoms with van der Waals surface area (Å²) in [5.41, 5.74) is 0.747. The summed E-state index contributed by atoms with van der Waals surface area (Å²) in [7, 11) is 0. The van der Waals surface area contributed by atoms with Crippen molar-refractivity contribution >= 4 is 23.0 Å². The number of carbonyl (C=O) groups is 1. The average Bonchev–Trinajstić information content (AvgIpc) is 3.35. The molecule has 5 nitrogen and oxygen atoms in total. The molecule has 3 aromatic rings. The van der Waals surface area contributed by atoms with Gasteiger partial charge >= 0.3 is 0 Å². The predicted octanol–water partition coefficient (Wildman–Crippen LogP) is 3.93. The quantitative estimate of drug-likeness (QED) is 0.736. The molecule has 0 aliphatic carbocycles. The Balaban J connectivity index is 1.71. The fourth-order valence-electron chi connectivity index (χ4n) is 2.50. The summed E-state index contributed by atoms with van der Waals surface area (Å²) in [5, 5.41) is 7.84. The van der Waals surface area contributed by atoms with Crippen molar-refractivity contribution in [1.82, 2.24) is 5.01 Å². The second kappa shape index (κ2) is 5.31. The molecule has 1 atom stereocenters. The van der Waals surface area contributed by atoms with Crippen LogP contribution in [-0.4, -0.2) is 16.6 Å². The number of rotatable bonds is 3. The number of nitrogens with zero attached hydrogens (tertiary/aromatic N) is 2. The molecule has 1 aliphatic heterocycles. The standard InChI is InChI=1S/C16H12N2O3S/c19-16(15-6-3-9-22-15)18-12(14-5-2-8-21-14)10-11(17-18)13-4-1-7-20-13/h1-9,12H,10H2/t12-/m0/s1. The van der Waals surface area contributed by atoms with Gasteiger partial charge in [0.05, 0.1) is 17.4 Å². The second-order valence-electron chi connectivity index (χ2n) is 4.89. The minimum Gasteiger partial charge on any atom is -0.467 e. The third-order valence-corrected chi connectivity index (χ3v) is 4.39. The van der Waals surface area contributed by atoms with Gasteiger partial charge in [0, 0.05) is 6.42 Å². The van der Waals surface area contributed by atoms with Gasteiger partial charge in [-0.25, -0.2) is 5.01 Å². The van der Waals surface area contributed by atoms with Crippen molar-refractivity contribution in [2.45, 2.75) is 12.5 Å². The van der Waals surface area contributed by atoms with Crippen molar-refractivity contribution < 1.29 is 13.6 Å². The lowest BCUT2D eigenvalue weighted by Crippen LogP contribution is -2.26. The topological polar surface area (TPSA) is 59.0 Å². The smallest absolute Gasteiger partial charge is 0.284 e. The van der Waals surface area contributed by atoms with Gasteiger partial charge in [0.2, 0.25) is 0 Å². The second-order valence-corrected chi connectivity index (χ2v) is 5.83. The average molecular weight is 312 g/mol. The van der Waals surface area contributed by atoms with Crippen molar-refractivity contribution in [1.29, 1.82) is 0 Å². The fraction of sp³-hybridized carbons (Fsp3) is 0.125. The molecule has 1 aliphatic rings. The van der Waals surface area contributed by atoms with Crippen molar-refractivity contribution in [2.75, 3.05) is 0 Å². The number of thiophene rings is 1. The zero-order valence-corrected chi connectivity index (χ0v) is 12.3. The lowest BCUT2D eigenvalue weighted by Gasteiger charge is -2.18. The first-order valence-corrected chi connectivity index (χ1v) is 7.73. The minimum absolute atomic E-state index is 0.127. The highest BCUT2D eigenvalue weighted by Crippen LogP contribution is 2.34. The van der Waals surface area contributed by atoms with E-state index >= 15 is 0 Å². The van der Waals surface area contributed by atoms with E-state index in [1.165, 1.54) is 16.3 Å². The van der Waals surface area contributed by atoms with Crippen molar-refractivity contribution in [2.24, 2.45) is 5.10 Å². The highest BCUT2D eigenvalue weighted by molar-refractivity contribution is 7.12. The highest BCUT2D eigenvalue weighted by Gasteiger charge is 2.36. The maximum Gasteiger partial charge on any atom is 0.284 e. The van der Waals surface area contributed by atoms with Gasteiger partial charge in [-0.15, -0.1) is 11.3 Å². The van der Waals surface area contributed by atoms with Crippen LogP contribution in [0.4, 0.5) is 0 Å². The molecule has 0 bridgehead atoms. The molecule has 4 rings (SSSR count). The molecule has 0 saturated heterocycles. The molecule has 4 heterocycles. The van der Waals surface area contributed by atoms with Crippen LogP contribution in [0.2, 0.25) is 0 Å². The van der Waals surface area contributed by atoms with Gasteiger partial charge in [0.1, 0.15) is 23.3 Å². The van der Waals surface area contributed by atoms with Gasteiger partial charge in [-0.3, -0.25) is 4.79 Å². The van der Waals surface area contributed by atoms with Crippen LogP contribution in [0.25, 0.3) is 0 Å². The number of hydrogen-bond acceptors (Lipinski definition) is 5. The van der Waals surface area contributed by atoms with Gasteiger partial charge < -0.3 is 8.83 Å². The minimum atomic E-state index is -0.246. The largest absolute Gasteiger partial charge is 0.467 e.